The number of hydrogen-bond acceptors (Lipinski definition) is 7. The quantitative estimate of drug-likeness (QED) is 0.239. The zero-order valence-corrected chi connectivity index (χ0v) is 23.1. The van der Waals surface area contributed by atoms with E-state index in [4.69, 9.17) is 21.1 Å². The molecule has 4 aromatic rings. The molecule has 206 valence electrons. The molecule has 0 radical (unpaired) electrons. The molecule has 1 aliphatic rings. The summed E-state index contributed by atoms with van der Waals surface area (Å²) in [5.41, 5.74) is 2.61. The fraction of sp³-hybridized carbons (Fsp3) is 0.233. The topological polar surface area (TPSA) is 88.6 Å². The predicted octanol–water partition coefficient (Wildman–Crippen LogP) is 6.44. The molecule has 10 heteroatoms. The summed E-state index contributed by atoms with van der Waals surface area (Å²) in [5, 5.41) is 6.65. The van der Waals surface area contributed by atoms with Gasteiger partial charge in [-0.25, -0.2) is 14.4 Å². The molecule has 0 aliphatic carbocycles. The van der Waals surface area contributed by atoms with E-state index >= 15 is 0 Å². The fourth-order valence-corrected chi connectivity index (χ4v) is 5.10. The molecule has 1 aromatic heterocycles. The van der Waals surface area contributed by atoms with Crippen LogP contribution in [-0.2, 0) is 4.79 Å². The molecule has 0 spiro atoms. The van der Waals surface area contributed by atoms with Crippen LogP contribution in [-0.4, -0.2) is 54.6 Å². The van der Waals surface area contributed by atoms with E-state index in [0.717, 1.165) is 19.4 Å². The number of anilines is 3. The van der Waals surface area contributed by atoms with Gasteiger partial charge in [0.2, 0.25) is 5.91 Å². The number of nitrogens with zero attached hydrogens (tertiary/aromatic N) is 3. The number of nitrogens with one attached hydrogen (secondary N) is 2. The van der Waals surface area contributed by atoms with Gasteiger partial charge >= 0.3 is 0 Å². The lowest BCUT2D eigenvalue weighted by Crippen LogP contribution is -2.23. The highest BCUT2D eigenvalue weighted by molar-refractivity contribution is 6.31. The molecule has 0 bridgehead atoms. The molecular formula is C30H29ClFN5O3. The average Bonchev–Trinajstić information content (AvgIpc) is 3.38. The second-order valence-corrected chi connectivity index (χ2v) is 9.85. The Balaban J connectivity index is 1.65. The van der Waals surface area contributed by atoms with E-state index in [9.17, 15) is 9.18 Å². The van der Waals surface area contributed by atoms with Gasteiger partial charge in [0, 0.05) is 23.4 Å². The first kappa shape index (κ1) is 27.4. The highest BCUT2D eigenvalue weighted by Crippen LogP contribution is 2.42. The lowest BCUT2D eigenvalue weighted by molar-refractivity contribution is -0.111. The number of carbonyl (C=O) groups excluding carboxylic acids is 1. The van der Waals surface area contributed by atoms with Crippen molar-refractivity contribution >= 4 is 45.6 Å². The van der Waals surface area contributed by atoms with E-state index in [1.165, 1.54) is 12.4 Å². The van der Waals surface area contributed by atoms with Crippen molar-refractivity contribution in [3.8, 4) is 22.6 Å². The van der Waals surface area contributed by atoms with Crippen molar-refractivity contribution in [1.82, 2.24) is 14.9 Å². The number of benzene rings is 3. The van der Waals surface area contributed by atoms with Crippen LogP contribution in [0.1, 0.15) is 12.8 Å². The first-order chi connectivity index (χ1) is 19.4. The first-order valence-electron chi connectivity index (χ1n) is 12.8. The van der Waals surface area contributed by atoms with Crippen molar-refractivity contribution in [2.75, 3.05) is 38.4 Å². The van der Waals surface area contributed by atoms with Crippen LogP contribution in [0.2, 0.25) is 5.02 Å². The van der Waals surface area contributed by atoms with Gasteiger partial charge in [-0.15, -0.1) is 0 Å². The fourth-order valence-electron chi connectivity index (χ4n) is 4.92. The van der Waals surface area contributed by atoms with Crippen molar-refractivity contribution in [3.63, 3.8) is 0 Å². The van der Waals surface area contributed by atoms with Crippen molar-refractivity contribution in [2.24, 2.45) is 0 Å². The summed E-state index contributed by atoms with van der Waals surface area (Å²) in [4.78, 5) is 24.2. The number of methoxy groups -OCH3 is 2. The zero-order chi connectivity index (χ0) is 28.2. The lowest BCUT2D eigenvalue weighted by Gasteiger charge is -2.18. The second kappa shape index (κ2) is 11.9. The number of amides is 1. The minimum Gasteiger partial charge on any atom is -0.493 e. The molecule has 1 atom stereocenters. The van der Waals surface area contributed by atoms with Crippen LogP contribution in [0.25, 0.3) is 22.0 Å². The largest absolute Gasteiger partial charge is 0.493 e. The van der Waals surface area contributed by atoms with Crippen LogP contribution in [0.3, 0.4) is 0 Å². The summed E-state index contributed by atoms with van der Waals surface area (Å²) in [6.07, 6.45) is 7.00. The molecule has 8 nitrogen and oxygen atoms in total. The van der Waals surface area contributed by atoms with Crippen LogP contribution >= 0.6 is 11.6 Å². The number of ether oxygens (including phenoxy) is 2. The summed E-state index contributed by atoms with van der Waals surface area (Å²) < 4.78 is 25.8. The van der Waals surface area contributed by atoms with Gasteiger partial charge in [0.25, 0.3) is 0 Å². The Morgan fingerprint density at radius 1 is 1.10 bits per heavy atom. The van der Waals surface area contributed by atoms with Crippen LogP contribution in [0, 0.1) is 5.82 Å². The number of likely N-dealkylation sites (tertiary alicyclic amines) is 1. The maximum atomic E-state index is 14.8. The number of fused-ring (bicyclic) bond motifs is 1. The van der Waals surface area contributed by atoms with Crippen molar-refractivity contribution < 1.29 is 18.7 Å². The van der Waals surface area contributed by atoms with Crippen LogP contribution in [0.5, 0.6) is 11.5 Å². The third-order valence-corrected chi connectivity index (χ3v) is 7.28. The molecular weight excluding hydrogens is 533 g/mol. The predicted molar refractivity (Wildman–Crippen MR) is 156 cm³/mol. The summed E-state index contributed by atoms with van der Waals surface area (Å²) in [5.74, 6) is 0.529. The maximum Gasteiger partial charge on any atom is 0.248 e. The molecule has 40 heavy (non-hydrogen) atoms. The van der Waals surface area contributed by atoms with Gasteiger partial charge in [0.1, 0.15) is 12.1 Å². The Morgan fingerprint density at radius 2 is 1.93 bits per heavy atom. The highest BCUT2D eigenvalue weighted by Gasteiger charge is 2.21. The number of carbonyl (C=O) groups is 1. The first-order valence-corrected chi connectivity index (χ1v) is 13.2. The van der Waals surface area contributed by atoms with Gasteiger partial charge in [-0.3, -0.25) is 9.69 Å². The van der Waals surface area contributed by atoms with E-state index in [0.29, 0.717) is 45.0 Å². The second-order valence-electron chi connectivity index (χ2n) is 9.44. The number of aromatic nitrogens is 2. The van der Waals surface area contributed by atoms with E-state index in [1.807, 2.05) is 18.2 Å². The van der Waals surface area contributed by atoms with Gasteiger partial charge in [0.15, 0.2) is 17.3 Å². The number of halogens is 2. The van der Waals surface area contributed by atoms with Crippen molar-refractivity contribution in [2.45, 2.75) is 18.9 Å². The molecule has 5 rings (SSSR count). The number of rotatable bonds is 8. The Kier molecular flexibility index (Phi) is 8.14. The SMILES string of the molecule is COc1ccc(-c2c(NC(=O)/C=C/[C@H]3CCCN3C)ccc3ncnc(Nc4cccc(Cl)c4F)c23)cc1OC. The van der Waals surface area contributed by atoms with Crippen LogP contribution in [0.4, 0.5) is 21.6 Å². The standard InChI is InChI=1S/C30H29ClFN5O3/c1-37-15-5-6-19(37)10-14-26(38)35-22-12-11-21-28(27(22)18-9-13-24(39-2)25(16-18)40-3)30(34-17-33-21)36-23-8-4-7-20(31)29(23)32/h4,7-14,16-17,19H,5-6,15H2,1-3H3,(H,35,38)(H,33,34,36)/b14-10+/t19-/m1/s1. The van der Waals surface area contributed by atoms with Gasteiger partial charge < -0.3 is 20.1 Å². The summed E-state index contributed by atoms with van der Waals surface area (Å²) >= 11 is 6.03. The Hall–Kier alpha value is -4.21. The highest BCUT2D eigenvalue weighted by atomic mass is 35.5. The third kappa shape index (κ3) is 5.57. The molecule has 1 fully saturated rings. The molecule has 1 amide bonds. The molecule has 0 saturated carbocycles. The Morgan fingerprint density at radius 3 is 2.67 bits per heavy atom. The van der Waals surface area contributed by atoms with E-state index in [2.05, 4.69) is 32.5 Å². The summed E-state index contributed by atoms with van der Waals surface area (Å²) in [6.45, 7) is 1.01. The molecule has 2 N–H and O–H groups in total. The monoisotopic (exact) mass is 561 g/mol. The molecule has 3 aromatic carbocycles. The van der Waals surface area contributed by atoms with Gasteiger partial charge in [-0.2, -0.15) is 0 Å². The van der Waals surface area contributed by atoms with Gasteiger partial charge in [0.05, 0.1) is 35.8 Å². The third-order valence-electron chi connectivity index (χ3n) is 6.99. The van der Waals surface area contributed by atoms with Crippen molar-refractivity contribution in [3.05, 3.63) is 77.9 Å². The van der Waals surface area contributed by atoms with E-state index in [-0.39, 0.29) is 22.7 Å². The Labute approximate surface area is 236 Å². The van der Waals surface area contributed by atoms with E-state index in [1.54, 1.807) is 50.6 Å². The number of likely N-dealkylation sites (N-methyl/N-ethyl adjacent to an activating group) is 1. The normalized spacial score (nSPS) is 15.5. The van der Waals surface area contributed by atoms with Gasteiger partial charge in [-0.1, -0.05) is 29.8 Å². The van der Waals surface area contributed by atoms with Crippen LogP contribution < -0.4 is 20.1 Å². The lowest BCUT2D eigenvalue weighted by atomic mass is 9.97. The Bertz CT molecular complexity index is 1600. The van der Waals surface area contributed by atoms with Crippen molar-refractivity contribution in [1.29, 1.82) is 0 Å². The minimum atomic E-state index is -0.602. The van der Waals surface area contributed by atoms with Crippen LogP contribution in [0.15, 0.2) is 67.0 Å². The minimum absolute atomic E-state index is 0.0175. The average molecular weight is 562 g/mol. The summed E-state index contributed by atoms with van der Waals surface area (Å²) in [7, 11) is 5.16. The zero-order valence-electron chi connectivity index (χ0n) is 22.4. The number of hydrogen-bond donors (Lipinski definition) is 2. The maximum absolute atomic E-state index is 14.8. The molecule has 0 unspecified atom stereocenters. The van der Waals surface area contributed by atoms with Gasteiger partial charge in [-0.05, 0) is 68.4 Å². The summed E-state index contributed by atoms with van der Waals surface area (Å²) in [6, 6.07) is 13.9. The molecule has 2 heterocycles. The van der Waals surface area contributed by atoms with E-state index < -0.39 is 5.82 Å². The smallest absolute Gasteiger partial charge is 0.248 e. The molecule has 1 saturated heterocycles. The molecule has 1 aliphatic heterocycles.